The van der Waals surface area contributed by atoms with Gasteiger partial charge in [0.05, 0.1) is 12.8 Å². The number of hydrogen-bond acceptors (Lipinski definition) is 3. The van der Waals surface area contributed by atoms with Crippen LogP contribution in [0.25, 0.3) is 10.9 Å². The van der Waals surface area contributed by atoms with Crippen molar-refractivity contribution in [2.75, 3.05) is 13.1 Å². The second-order valence-electron chi connectivity index (χ2n) is 7.27. The highest BCUT2D eigenvalue weighted by Gasteiger charge is 2.25. The van der Waals surface area contributed by atoms with Crippen molar-refractivity contribution < 1.29 is 9.21 Å². The van der Waals surface area contributed by atoms with Gasteiger partial charge in [0, 0.05) is 41.6 Å². The second kappa shape index (κ2) is 7.79. The third-order valence-corrected chi connectivity index (χ3v) is 5.64. The van der Waals surface area contributed by atoms with E-state index in [9.17, 15) is 4.79 Å². The predicted octanol–water partition coefficient (Wildman–Crippen LogP) is 3.95. The topological polar surface area (TPSA) is 50.4 Å². The Morgan fingerprint density at radius 3 is 2.85 bits per heavy atom. The molecule has 1 fully saturated rings. The van der Waals surface area contributed by atoms with Crippen LogP contribution in [0.3, 0.4) is 0 Å². The van der Waals surface area contributed by atoms with Crippen LogP contribution in [-0.4, -0.2) is 28.5 Å². The Bertz CT molecular complexity index is 924. The van der Waals surface area contributed by atoms with Crippen molar-refractivity contribution in [3.63, 3.8) is 0 Å². The van der Waals surface area contributed by atoms with Crippen molar-refractivity contribution in [2.24, 2.45) is 13.0 Å². The van der Waals surface area contributed by atoms with Crippen LogP contribution in [0.15, 0.2) is 47.2 Å². The molecule has 3 heterocycles. The van der Waals surface area contributed by atoms with Gasteiger partial charge in [-0.1, -0.05) is 11.6 Å². The summed E-state index contributed by atoms with van der Waals surface area (Å²) in [6, 6.07) is 9.75. The molecule has 27 heavy (non-hydrogen) atoms. The maximum absolute atomic E-state index is 12.4. The zero-order valence-corrected chi connectivity index (χ0v) is 16.2. The lowest BCUT2D eigenvalue weighted by molar-refractivity contribution is -0.126. The normalized spacial score (nSPS) is 16.1. The van der Waals surface area contributed by atoms with E-state index in [2.05, 4.69) is 34.1 Å². The lowest BCUT2D eigenvalue weighted by Gasteiger charge is -2.31. The molecule has 6 heteroatoms. The molecule has 4 rings (SSSR count). The summed E-state index contributed by atoms with van der Waals surface area (Å²) < 4.78 is 7.41. The van der Waals surface area contributed by atoms with Crippen LogP contribution < -0.4 is 5.32 Å². The summed E-state index contributed by atoms with van der Waals surface area (Å²) in [7, 11) is 2.06. The first-order valence-electron chi connectivity index (χ1n) is 9.36. The van der Waals surface area contributed by atoms with E-state index in [0.717, 1.165) is 43.3 Å². The van der Waals surface area contributed by atoms with Crippen LogP contribution in [0.1, 0.15) is 24.2 Å². The highest BCUT2D eigenvalue weighted by atomic mass is 35.5. The highest BCUT2D eigenvalue weighted by molar-refractivity contribution is 6.31. The summed E-state index contributed by atoms with van der Waals surface area (Å²) in [5.41, 5.74) is 2.48. The quantitative estimate of drug-likeness (QED) is 0.723. The lowest BCUT2D eigenvalue weighted by atomic mass is 9.95. The molecule has 0 saturated carbocycles. The Morgan fingerprint density at radius 2 is 2.11 bits per heavy atom. The first-order chi connectivity index (χ1) is 13.1. The highest BCUT2D eigenvalue weighted by Crippen LogP contribution is 2.27. The minimum Gasteiger partial charge on any atom is -0.467 e. The summed E-state index contributed by atoms with van der Waals surface area (Å²) in [5.74, 6) is 0.997. The van der Waals surface area contributed by atoms with Crippen molar-refractivity contribution in [2.45, 2.75) is 25.9 Å². The fraction of sp³-hybridized carbons (Fsp3) is 0.381. The van der Waals surface area contributed by atoms with Gasteiger partial charge in [-0.15, -0.1) is 0 Å². The van der Waals surface area contributed by atoms with Crippen molar-refractivity contribution in [1.82, 2.24) is 14.8 Å². The molecule has 1 N–H and O–H groups in total. The molecule has 0 radical (unpaired) electrons. The van der Waals surface area contributed by atoms with Gasteiger partial charge in [-0.3, -0.25) is 9.69 Å². The maximum Gasteiger partial charge on any atom is 0.223 e. The number of likely N-dealkylation sites (tertiary alicyclic amines) is 1. The van der Waals surface area contributed by atoms with E-state index in [1.54, 1.807) is 6.26 Å². The van der Waals surface area contributed by atoms with Gasteiger partial charge in [-0.05, 0) is 61.8 Å². The third kappa shape index (κ3) is 4.04. The van der Waals surface area contributed by atoms with Crippen LogP contribution in [0.4, 0.5) is 0 Å². The Labute approximate surface area is 163 Å². The molecule has 142 valence electrons. The van der Waals surface area contributed by atoms with Crippen LogP contribution in [0.2, 0.25) is 5.02 Å². The third-order valence-electron chi connectivity index (χ3n) is 5.40. The predicted molar refractivity (Wildman–Crippen MR) is 106 cm³/mol. The van der Waals surface area contributed by atoms with Gasteiger partial charge < -0.3 is 14.3 Å². The number of benzene rings is 1. The van der Waals surface area contributed by atoms with E-state index in [1.165, 1.54) is 16.5 Å². The average Bonchev–Trinajstić information content (AvgIpc) is 3.29. The van der Waals surface area contributed by atoms with Gasteiger partial charge >= 0.3 is 0 Å². The van der Waals surface area contributed by atoms with E-state index in [-0.39, 0.29) is 11.8 Å². The Kier molecular flexibility index (Phi) is 5.23. The number of nitrogens with zero attached hydrogens (tertiary/aromatic N) is 2. The van der Waals surface area contributed by atoms with E-state index in [4.69, 9.17) is 16.0 Å². The molecule has 1 aliphatic rings. The number of piperidine rings is 1. The zero-order chi connectivity index (χ0) is 18.8. The second-order valence-corrected chi connectivity index (χ2v) is 7.71. The number of carbonyl (C=O) groups excluding carboxylic acids is 1. The molecule has 0 unspecified atom stereocenters. The first kappa shape index (κ1) is 18.1. The number of rotatable bonds is 5. The lowest BCUT2D eigenvalue weighted by Crippen LogP contribution is -2.40. The molecule has 5 nitrogen and oxygen atoms in total. The fourth-order valence-electron chi connectivity index (χ4n) is 3.90. The average molecular weight is 386 g/mol. The van der Waals surface area contributed by atoms with Crippen LogP contribution >= 0.6 is 11.6 Å². The SMILES string of the molecule is Cn1cc(CN2CCC(C(=O)NCc3ccco3)CC2)c2cc(Cl)ccc21. The van der Waals surface area contributed by atoms with E-state index < -0.39 is 0 Å². The van der Waals surface area contributed by atoms with Crippen molar-refractivity contribution in [3.8, 4) is 0 Å². The standard InChI is InChI=1S/C21H24ClN3O2/c1-24-13-16(19-11-17(22)4-5-20(19)24)14-25-8-6-15(7-9-25)21(26)23-12-18-3-2-10-27-18/h2-5,10-11,13,15H,6-9,12,14H2,1H3,(H,23,26). The van der Waals surface area contributed by atoms with E-state index in [0.29, 0.717) is 6.54 Å². The van der Waals surface area contributed by atoms with Crippen LogP contribution in [-0.2, 0) is 24.9 Å². The minimum absolute atomic E-state index is 0.0816. The van der Waals surface area contributed by atoms with Crippen LogP contribution in [0.5, 0.6) is 0 Å². The van der Waals surface area contributed by atoms with Crippen LogP contribution in [0, 0.1) is 5.92 Å². The number of hydrogen-bond donors (Lipinski definition) is 1. The van der Waals surface area contributed by atoms with Crippen molar-refractivity contribution >= 4 is 28.4 Å². The Hall–Kier alpha value is -2.24. The Balaban J connectivity index is 1.33. The summed E-state index contributed by atoms with van der Waals surface area (Å²) in [4.78, 5) is 14.8. The van der Waals surface area contributed by atoms with Gasteiger partial charge in [0.25, 0.3) is 0 Å². The number of aryl methyl sites for hydroxylation is 1. The van der Waals surface area contributed by atoms with Gasteiger partial charge in [0.2, 0.25) is 5.91 Å². The number of carbonyl (C=O) groups is 1. The summed E-state index contributed by atoms with van der Waals surface area (Å²) in [6.07, 6.45) is 5.58. The molecular formula is C21H24ClN3O2. The molecule has 3 aromatic rings. The number of furan rings is 1. The largest absolute Gasteiger partial charge is 0.467 e. The zero-order valence-electron chi connectivity index (χ0n) is 15.5. The fourth-order valence-corrected chi connectivity index (χ4v) is 4.07. The van der Waals surface area contributed by atoms with E-state index >= 15 is 0 Å². The number of amides is 1. The number of fused-ring (bicyclic) bond motifs is 1. The summed E-state index contributed by atoms with van der Waals surface area (Å²) in [6.45, 7) is 3.20. The molecule has 0 aliphatic carbocycles. The number of aromatic nitrogens is 1. The monoisotopic (exact) mass is 385 g/mol. The molecular weight excluding hydrogens is 362 g/mol. The molecule has 1 aliphatic heterocycles. The molecule has 0 bridgehead atoms. The number of halogens is 1. The van der Waals surface area contributed by atoms with E-state index in [1.807, 2.05) is 24.3 Å². The molecule has 1 saturated heterocycles. The molecule has 0 atom stereocenters. The molecule has 2 aromatic heterocycles. The van der Waals surface area contributed by atoms with Gasteiger partial charge in [0.15, 0.2) is 0 Å². The molecule has 1 aromatic carbocycles. The summed E-state index contributed by atoms with van der Waals surface area (Å²) in [5, 5.41) is 4.96. The summed E-state index contributed by atoms with van der Waals surface area (Å²) >= 11 is 6.19. The van der Waals surface area contributed by atoms with Gasteiger partial charge in [-0.2, -0.15) is 0 Å². The first-order valence-corrected chi connectivity index (χ1v) is 9.74. The Morgan fingerprint density at radius 1 is 1.30 bits per heavy atom. The molecule has 1 amide bonds. The van der Waals surface area contributed by atoms with Gasteiger partial charge in [0.1, 0.15) is 5.76 Å². The number of nitrogens with one attached hydrogen (secondary N) is 1. The molecule has 0 spiro atoms. The maximum atomic E-state index is 12.4. The smallest absolute Gasteiger partial charge is 0.223 e. The van der Waals surface area contributed by atoms with Gasteiger partial charge in [-0.25, -0.2) is 0 Å². The van der Waals surface area contributed by atoms with Crippen molar-refractivity contribution in [1.29, 1.82) is 0 Å². The van der Waals surface area contributed by atoms with Crippen molar-refractivity contribution in [3.05, 3.63) is 59.1 Å². The minimum atomic E-state index is 0.0816.